The molecule has 1 aromatic carbocycles. The minimum atomic E-state index is -0.366. The van der Waals surface area contributed by atoms with Crippen LogP contribution >= 0.6 is 0 Å². The van der Waals surface area contributed by atoms with Crippen LogP contribution in [-0.2, 0) is 4.79 Å². The predicted molar refractivity (Wildman–Crippen MR) is 100 cm³/mol. The van der Waals surface area contributed by atoms with Gasteiger partial charge >= 0.3 is 0 Å². The van der Waals surface area contributed by atoms with Crippen molar-refractivity contribution in [3.8, 4) is 11.5 Å². The van der Waals surface area contributed by atoms with Gasteiger partial charge in [-0.05, 0) is 24.5 Å². The maximum Gasteiger partial charge on any atom is 0.261 e. The third-order valence-corrected chi connectivity index (χ3v) is 3.95. The van der Waals surface area contributed by atoms with Gasteiger partial charge in [0.1, 0.15) is 29.9 Å². The summed E-state index contributed by atoms with van der Waals surface area (Å²) in [4.78, 5) is 27.0. The molecule has 8 nitrogen and oxygen atoms in total. The zero-order valence-corrected chi connectivity index (χ0v) is 16.0. The van der Waals surface area contributed by atoms with Gasteiger partial charge in [-0.3, -0.25) is 9.59 Å². The van der Waals surface area contributed by atoms with E-state index in [0.29, 0.717) is 35.3 Å². The number of anilines is 1. The summed E-state index contributed by atoms with van der Waals surface area (Å²) in [5.74, 6) is 0.760. The summed E-state index contributed by atoms with van der Waals surface area (Å²) < 4.78 is 15.3. The van der Waals surface area contributed by atoms with Gasteiger partial charge < -0.3 is 24.2 Å². The van der Waals surface area contributed by atoms with Crippen molar-refractivity contribution in [1.82, 2.24) is 10.1 Å². The Hall–Kier alpha value is -3.03. The van der Waals surface area contributed by atoms with Crippen LogP contribution in [0.1, 0.15) is 30.6 Å². The molecule has 8 heteroatoms. The lowest BCUT2D eigenvalue weighted by molar-refractivity contribution is -0.117. The zero-order chi connectivity index (χ0) is 19.8. The Kier molecular flexibility index (Phi) is 7.22. The first-order valence-corrected chi connectivity index (χ1v) is 8.66. The van der Waals surface area contributed by atoms with E-state index in [-0.39, 0.29) is 18.4 Å². The summed E-state index contributed by atoms with van der Waals surface area (Å²) in [6, 6.07) is 6.64. The molecule has 1 heterocycles. The molecule has 2 amide bonds. The van der Waals surface area contributed by atoms with E-state index in [4.69, 9.17) is 14.0 Å². The van der Waals surface area contributed by atoms with Gasteiger partial charge in [0, 0.05) is 12.6 Å². The normalized spacial score (nSPS) is 10.6. The molecule has 0 saturated heterocycles. The first-order valence-electron chi connectivity index (χ1n) is 8.66. The van der Waals surface area contributed by atoms with Gasteiger partial charge in [-0.15, -0.1) is 0 Å². The number of rotatable bonds is 9. The van der Waals surface area contributed by atoms with Gasteiger partial charge in [-0.25, -0.2) is 0 Å². The van der Waals surface area contributed by atoms with Gasteiger partial charge in [0.05, 0.1) is 14.2 Å². The number of benzene rings is 1. The monoisotopic (exact) mass is 375 g/mol. The first-order chi connectivity index (χ1) is 13.0. The number of carbonyl (C=O) groups is 2. The Morgan fingerprint density at radius 1 is 1.19 bits per heavy atom. The van der Waals surface area contributed by atoms with Gasteiger partial charge in [0.2, 0.25) is 5.91 Å². The summed E-state index contributed by atoms with van der Waals surface area (Å²) in [5, 5.41) is 6.25. The maximum atomic E-state index is 13.2. The van der Waals surface area contributed by atoms with E-state index in [2.05, 4.69) is 24.3 Å². The molecule has 1 aromatic heterocycles. The largest absolute Gasteiger partial charge is 0.496 e. The van der Waals surface area contributed by atoms with Gasteiger partial charge in [-0.2, -0.15) is 0 Å². The Labute approximate surface area is 158 Å². The fraction of sp³-hybridized carbons (Fsp3) is 0.421. The molecular weight excluding hydrogens is 350 g/mol. The topological polar surface area (TPSA) is 93.9 Å². The van der Waals surface area contributed by atoms with Crippen LogP contribution in [0.15, 0.2) is 35.1 Å². The summed E-state index contributed by atoms with van der Waals surface area (Å²) in [6.07, 6.45) is 2.11. The Balaban J connectivity index is 2.24. The Bertz CT molecular complexity index is 736. The van der Waals surface area contributed by atoms with Crippen molar-refractivity contribution >= 4 is 17.6 Å². The molecule has 27 heavy (non-hydrogen) atoms. The van der Waals surface area contributed by atoms with Crippen LogP contribution in [0, 0.1) is 5.92 Å². The van der Waals surface area contributed by atoms with E-state index >= 15 is 0 Å². The number of hydrogen-bond donors (Lipinski definition) is 1. The number of methoxy groups -OCH3 is 2. The van der Waals surface area contributed by atoms with E-state index < -0.39 is 0 Å². The SMILES string of the molecule is COc1cccc(OC)c1C(=O)N(CCC(C)C)CC(=O)Nc1ccon1. The highest BCUT2D eigenvalue weighted by atomic mass is 16.5. The van der Waals surface area contributed by atoms with Crippen molar-refractivity contribution in [3.05, 3.63) is 36.1 Å². The van der Waals surface area contributed by atoms with Gasteiger partial charge in [0.15, 0.2) is 5.82 Å². The molecule has 0 aliphatic rings. The lowest BCUT2D eigenvalue weighted by Crippen LogP contribution is -2.39. The average Bonchev–Trinajstić information content (AvgIpc) is 3.16. The molecule has 2 rings (SSSR count). The second kappa shape index (κ2) is 9.61. The first kappa shape index (κ1) is 20.3. The van der Waals surface area contributed by atoms with E-state index in [1.807, 2.05) is 0 Å². The molecule has 0 atom stereocenters. The van der Waals surface area contributed by atoms with Gasteiger partial charge in [0.25, 0.3) is 5.91 Å². The summed E-state index contributed by atoms with van der Waals surface area (Å²) in [5.41, 5.74) is 0.292. The molecule has 2 aromatic rings. The number of aromatic nitrogens is 1. The molecule has 0 aliphatic heterocycles. The van der Waals surface area contributed by atoms with Crippen LogP contribution in [-0.4, -0.2) is 49.2 Å². The number of amides is 2. The smallest absolute Gasteiger partial charge is 0.261 e. The number of carbonyl (C=O) groups excluding carboxylic acids is 2. The third kappa shape index (κ3) is 5.47. The lowest BCUT2D eigenvalue weighted by Gasteiger charge is -2.24. The molecule has 1 N–H and O–H groups in total. The fourth-order valence-corrected chi connectivity index (χ4v) is 2.52. The van der Waals surface area contributed by atoms with Crippen molar-refractivity contribution < 1.29 is 23.6 Å². The molecule has 0 unspecified atom stereocenters. The predicted octanol–water partition coefficient (Wildman–Crippen LogP) is 2.82. The van der Waals surface area contributed by atoms with Crippen LogP contribution in [0.3, 0.4) is 0 Å². The average molecular weight is 375 g/mol. The van der Waals surface area contributed by atoms with Crippen LogP contribution in [0.25, 0.3) is 0 Å². The number of hydrogen-bond acceptors (Lipinski definition) is 6. The molecule has 0 radical (unpaired) electrons. The highest BCUT2D eigenvalue weighted by molar-refractivity contribution is 6.02. The van der Waals surface area contributed by atoms with Gasteiger partial charge in [-0.1, -0.05) is 25.1 Å². The second-order valence-electron chi connectivity index (χ2n) is 6.38. The quantitative estimate of drug-likeness (QED) is 0.724. The molecule has 0 spiro atoms. The van der Waals surface area contributed by atoms with Crippen molar-refractivity contribution in [2.24, 2.45) is 5.92 Å². The van der Waals surface area contributed by atoms with Crippen molar-refractivity contribution in [3.63, 3.8) is 0 Å². The lowest BCUT2D eigenvalue weighted by atomic mass is 10.1. The number of ether oxygens (including phenoxy) is 2. The standard InChI is InChI=1S/C19H25N3O5/c1-13(2)8-10-22(12-17(23)20-16-9-11-27-21-16)19(24)18-14(25-3)6-5-7-15(18)26-4/h5-7,9,11,13H,8,10,12H2,1-4H3,(H,20,21,23). The second-order valence-corrected chi connectivity index (χ2v) is 6.38. The zero-order valence-electron chi connectivity index (χ0n) is 16.0. The highest BCUT2D eigenvalue weighted by Crippen LogP contribution is 2.29. The fourth-order valence-electron chi connectivity index (χ4n) is 2.52. The number of nitrogens with zero attached hydrogens (tertiary/aromatic N) is 2. The minimum absolute atomic E-state index is 0.125. The Morgan fingerprint density at radius 3 is 2.37 bits per heavy atom. The van der Waals surface area contributed by atoms with Crippen LogP contribution in [0.5, 0.6) is 11.5 Å². The van der Waals surface area contributed by atoms with E-state index in [1.165, 1.54) is 31.4 Å². The third-order valence-electron chi connectivity index (χ3n) is 3.95. The molecule has 0 aliphatic carbocycles. The maximum absolute atomic E-state index is 13.2. The molecule has 0 fully saturated rings. The molecule has 0 bridgehead atoms. The minimum Gasteiger partial charge on any atom is -0.496 e. The summed E-state index contributed by atoms with van der Waals surface area (Å²) >= 11 is 0. The van der Waals surface area contributed by atoms with E-state index in [0.717, 1.165) is 6.42 Å². The van der Waals surface area contributed by atoms with Crippen molar-refractivity contribution in [2.75, 3.05) is 32.6 Å². The summed E-state index contributed by atoms with van der Waals surface area (Å²) in [6.45, 7) is 4.41. The van der Waals surface area contributed by atoms with Crippen molar-refractivity contribution in [2.45, 2.75) is 20.3 Å². The van der Waals surface area contributed by atoms with E-state index in [1.54, 1.807) is 18.2 Å². The highest BCUT2D eigenvalue weighted by Gasteiger charge is 2.25. The van der Waals surface area contributed by atoms with Crippen LogP contribution in [0.2, 0.25) is 0 Å². The molecular formula is C19H25N3O5. The van der Waals surface area contributed by atoms with E-state index in [9.17, 15) is 9.59 Å². The summed E-state index contributed by atoms with van der Waals surface area (Å²) in [7, 11) is 2.97. The van der Waals surface area contributed by atoms with Crippen molar-refractivity contribution in [1.29, 1.82) is 0 Å². The molecule has 146 valence electrons. The van der Waals surface area contributed by atoms with Crippen LogP contribution in [0.4, 0.5) is 5.82 Å². The Morgan fingerprint density at radius 2 is 1.85 bits per heavy atom. The number of nitrogens with one attached hydrogen (secondary N) is 1. The molecule has 0 saturated carbocycles. The van der Waals surface area contributed by atoms with Crippen LogP contribution < -0.4 is 14.8 Å².